The summed E-state index contributed by atoms with van der Waals surface area (Å²) in [4.78, 5) is 3.20. The molecule has 0 bridgehead atoms. The molecule has 3 nitrogen and oxygen atoms in total. The molecule has 1 heterocycles. The predicted molar refractivity (Wildman–Crippen MR) is 76.9 cm³/mol. The Hall–Kier alpha value is -2.33. The van der Waals surface area contributed by atoms with Gasteiger partial charge >= 0.3 is 0 Å². The maximum absolute atomic E-state index is 13.1. The van der Waals surface area contributed by atoms with Gasteiger partial charge in [-0.3, -0.25) is 0 Å². The lowest BCUT2D eigenvalue weighted by Crippen LogP contribution is -2.00. The zero-order valence-electron chi connectivity index (χ0n) is 10.9. The SMILES string of the molecule is NCc1cccc2[nH]cc(COc3cccc(F)c3)c12. The number of H-pyrrole nitrogens is 1. The third-order valence-electron chi connectivity index (χ3n) is 3.28. The topological polar surface area (TPSA) is 51.0 Å². The van der Waals surface area contributed by atoms with E-state index in [0.29, 0.717) is 18.9 Å². The highest BCUT2D eigenvalue weighted by atomic mass is 19.1. The fraction of sp³-hybridized carbons (Fsp3) is 0.125. The normalized spacial score (nSPS) is 10.9. The largest absolute Gasteiger partial charge is 0.489 e. The molecule has 1 aromatic heterocycles. The zero-order valence-corrected chi connectivity index (χ0v) is 10.9. The van der Waals surface area contributed by atoms with Crippen molar-refractivity contribution in [2.45, 2.75) is 13.2 Å². The molecule has 0 radical (unpaired) electrons. The van der Waals surface area contributed by atoms with Gasteiger partial charge in [0.1, 0.15) is 18.2 Å². The third-order valence-corrected chi connectivity index (χ3v) is 3.28. The van der Waals surface area contributed by atoms with Gasteiger partial charge in [-0.05, 0) is 23.8 Å². The van der Waals surface area contributed by atoms with E-state index in [2.05, 4.69) is 4.98 Å². The van der Waals surface area contributed by atoms with Crippen molar-refractivity contribution >= 4 is 10.9 Å². The van der Waals surface area contributed by atoms with E-state index in [0.717, 1.165) is 22.0 Å². The highest BCUT2D eigenvalue weighted by molar-refractivity contribution is 5.86. The Balaban J connectivity index is 1.88. The summed E-state index contributed by atoms with van der Waals surface area (Å²) in [5.41, 5.74) is 8.89. The number of hydrogen-bond donors (Lipinski definition) is 2. The lowest BCUT2D eigenvalue weighted by atomic mass is 10.1. The summed E-state index contributed by atoms with van der Waals surface area (Å²) in [6, 6.07) is 12.1. The highest BCUT2D eigenvalue weighted by Crippen LogP contribution is 2.24. The lowest BCUT2D eigenvalue weighted by molar-refractivity contribution is 0.306. The molecule has 0 saturated carbocycles. The number of aromatic amines is 1. The van der Waals surface area contributed by atoms with Gasteiger partial charge in [-0.15, -0.1) is 0 Å². The van der Waals surface area contributed by atoms with E-state index in [1.165, 1.54) is 12.1 Å². The van der Waals surface area contributed by atoms with Crippen molar-refractivity contribution in [1.29, 1.82) is 0 Å². The summed E-state index contributed by atoms with van der Waals surface area (Å²) in [6.45, 7) is 0.850. The monoisotopic (exact) mass is 270 g/mol. The molecule has 0 aliphatic rings. The number of benzene rings is 2. The van der Waals surface area contributed by atoms with Gasteiger partial charge in [0, 0.05) is 35.3 Å². The van der Waals surface area contributed by atoms with Crippen molar-refractivity contribution in [2.75, 3.05) is 0 Å². The maximum atomic E-state index is 13.1. The van der Waals surface area contributed by atoms with Gasteiger partial charge in [0.2, 0.25) is 0 Å². The van der Waals surface area contributed by atoms with Crippen LogP contribution in [-0.4, -0.2) is 4.98 Å². The Bertz CT molecular complexity index is 736. The van der Waals surface area contributed by atoms with Gasteiger partial charge in [-0.2, -0.15) is 0 Å². The van der Waals surface area contributed by atoms with Crippen LogP contribution in [0.2, 0.25) is 0 Å². The molecule has 20 heavy (non-hydrogen) atoms. The maximum Gasteiger partial charge on any atom is 0.126 e. The highest BCUT2D eigenvalue weighted by Gasteiger charge is 2.08. The molecular weight excluding hydrogens is 255 g/mol. The van der Waals surface area contributed by atoms with Gasteiger partial charge in [-0.25, -0.2) is 4.39 Å². The average molecular weight is 270 g/mol. The quantitative estimate of drug-likeness (QED) is 0.764. The van der Waals surface area contributed by atoms with E-state index in [-0.39, 0.29) is 5.82 Å². The van der Waals surface area contributed by atoms with E-state index < -0.39 is 0 Å². The number of aromatic nitrogens is 1. The number of nitrogens with two attached hydrogens (primary N) is 1. The first-order chi connectivity index (χ1) is 9.78. The Morgan fingerprint density at radius 2 is 1.95 bits per heavy atom. The molecule has 3 N–H and O–H groups in total. The number of halogens is 1. The summed E-state index contributed by atoms with van der Waals surface area (Å²) in [5.74, 6) is 0.216. The molecule has 0 aliphatic heterocycles. The average Bonchev–Trinajstić information content (AvgIpc) is 2.88. The van der Waals surface area contributed by atoms with Crippen molar-refractivity contribution < 1.29 is 9.13 Å². The van der Waals surface area contributed by atoms with Crippen LogP contribution in [0.15, 0.2) is 48.7 Å². The first kappa shape index (κ1) is 12.7. The van der Waals surface area contributed by atoms with Crippen molar-refractivity contribution in [3.8, 4) is 5.75 Å². The van der Waals surface area contributed by atoms with Crippen LogP contribution >= 0.6 is 0 Å². The second-order valence-corrected chi connectivity index (χ2v) is 4.60. The molecular formula is C16H15FN2O. The summed E-state index contributed by atoms with van der Waals surface area (Å²) >= 11 is 0. The zero-order chi connectivity index (χ0) is 13.9. The number of rotatable bonds is 4. The van der Waals surface area contributed by atoms with Crippen LogP contribution < -0.4 is 10.5 Å². The Labute approximate surface area is 116 Å². The third kappa shape index (κ3) is 2.38. The van der Waals surface area contributed by atoms with Gasteiger partial charge in [0.25, 0.3) is 0 Å². The van der Waals surface area contributed by atoms with Crippen LogP contribution in [0.5, 0.6) is 5.75 Å². The molecule has 4 heteroatoms. The summed E-state index contributed by atoms with van der Waals surface area (Å²) in [6.07, 6.45) is 1.91. The molecule has 102 valence electrons. The van der Waals surface area contributed by atoms with Crippen LogP contribution in [0.4, 0.5) is 4.39 Å². The van der Waals surface area contributed by atoms with E-state index in [1.54, 1.807) is 12.1 Å². The van der Waals surface area contributed by atoms with Crippen molar-refractivity contribution in [1.82, 2.24) is 4.98 Å². The number of fused-ring (bicyclic) bond motifs is 1. The first-order valence-electron chi connectivity index (χ1n) is 6.44. The van der Waals surface area contributed by atoms with Gasteiger partial charge < -0.3 is 15.5 Å². The van der Waals surface area contributed by atoms with Crippen molar-refractivity contribution in [3.63, 3.8) is 0 Å². The van der Waals surface area contributed by atoms with E-state index >= 15 is 0 Å². The van der Waals surface area contributed by atoms with Gasteiger partial charge in [-0.1, -0.05) is 18.2 Å². The summed E-state index contributed by atoms with van der Waals surface area (Å²) in [5, 5.41) is 1.09. The molecule has 0 unspecified atom stereocenters. The number of ether oxygens (including phenoxy) is 1. The van der Waals surface area contributed by atoms with Gasteiger partial charge in [0.05, 0.1) is 0 Å². The molecule has 0 spiro atoms. The van der Waals surface area contributed by atoms with Crippen molar-refractivity contribution in [3.05, 3.63) is 65.6 Å². The molecule has 3 aromatic rings. The Morgan fingerprint density at radius 3 is 2.75 bits per heavy atom. The van der Waals surface area contributed by atoms with Crippen LogP contribution in [-0.2, 0) is 13.2 Å². The molecule has 0 saturated heterocycles. The van der Waals surface area contributed by atoms with Crippen molar-refractivity contribution in [2.24, 2.45) is 5.73 Å². The van der Waals surface area contributed by atoms with E-state index in [9.17, 15) is 4.39 Å². The Morgan fingerprint density at radius 1 is 1.10 bits per heavy atom. The fourth-order valence-corrected chi connectivity index (χ4v) is 2.34. The molecule has 0 fully saturated rings. The van der Waals surface area contributed by atoms with Gasteiger partial charge in [0.15, 0.2) is 0 Å². The fourth-order valence-electron chi connectivity index (χ4n) is 2.34. The minimum Gasteiger partial charge on any atom is -0.489 e. The van der Waals surface area contributed by atoms with Crippen LogP contribution in [0.3, 0.4) is 0 Å². The molecule has 2 aromatic carbocycles. The van der Waals surface area contributed by atoms with E-state index in [1.807, 2.05) is 24.4 Å². The first-order valence-corrected chi connectivity index (χ1v) is 6.44. The predicted octanol–water partition coefficient (Wildman–Crippen LogP) is 3.34. The molecule has 3 rings (SSSR count). The molecule has 0 amide bonds. The minimum absolute atomic E-state index is 0.302. The standard InChI is InChI=1S/C16H15FN2O/c17-13-4-2-5-14(7-13)20-10-12-9-19-15-6-1-3-11(8-18)16(12)15/h1-7,9,19H,8,10,18H2. The number of nitrogens with one attached hydrogen (secondary N) is 1. The van der Waals surface area contributed by atoms with Crippen LogP contribution in [0.1, 0.15) is 11.1 Å². The Kier molecular flexibility index (Phi) is 3.39. The molecule has 0 aliphatic carbocycles. The summed E-state index contributed by atoms with van der Waals surface area (Å²) < 4.78 is 18.7. The summed E-state index contributed by atoms with van der Waals surface area (Å²) in [7, 11) is 0. The smallest absolute Gasteiger partial charge is 0.126 e. The second-order valence-electron chi connectivity index (χ2n) is 4.60. The minimum atomic E-state index is -0.302. The molecule has 0 atom stereocenters. The van der Waals surface area contributed by atoms with Crippen LogP contribution in [0, 0.1) is 5.82 Å². The lowest BCUT2D eigenvalue weighted by Gasteiger charge is -2.07. The van der Waals surface area contributed by atoms with E-state index in [4.69, 9.17) is 10.5 Å². The second kappa shape index (κ2) is 5.35. The number of hydrogen-bond acceptors (Lipinski definition) is 2. The van der Waals surface area contributed by atoms with Crippen LogP contribution in [0.25, 0.3) is 10.9 Å².